The SMILES string of the molecule is Cn1nc(-c2ccc(C(F)(F)F)cc2)cc1OCCN. The summed E-state index contributed by atoms with van der Waals surface area (Å²) in [5.41, 5.74) is 5.80. The van der Waals surface area contributed by atoms with Crippen molar-refractivity contribution in [3.05, 3.63) is 35.9 Å². The van der Waals surface area contributed by atoms with E-state index in [0.29, 0.717) is 30.3 Å². The van der Waals surface area contributed by atoms with Gasteiger partial charge in [-0.05, 0) is 12.1 Å². The molecule has 2 aromatic rings. The molecule has 0 radical (unpaired) electrons. The molecule has 4 nitrogen and oxygen atoms in total. The Kier molecular flexibility index (Phi) is 3.99. The number of nitrogens with zero attached hydrogens (tertiary/aromatic N) is 2. The van der Waals surface area contributed by atoms with Crippen LogP contribution in [-0.4, -0.2) is 22.9 Å². The van der Waals surface area contributed by atoms with Crippen LogP contribution in [0.1, 0.15) is 5.56 Å². The zero-order valence-electron chi connectivity index (χ0n) is 10.8. The van der Waals surface area contributed by atoms with E-state index in [-0.39, 0.29) is 0 Å². The van der Waals surface area contributed by atoms with Crippen molar-refractivity contribution in [3.8, 4) is 17.1 Å². The average Bonchev–Trinajstić information content (AvgIpc) is 2.77. The number of ether oxygens (including phenoxy) is 1. The van der Waals surface area contributed by atoms with E-state index in [1.165, 1.54) is 16.8 Å². The Bertz CT molecular complexity index is 576. The number of aryl methyl sites for hydroxylation is 1. The van der Waals surface area contributed by atoms with Crippen LogP contribution in [0.4, 0.5) is 13.2 Å². The lowest BCUT2D eigenvalue weighted by molar-refractivity contribution is -0.137. The molecule has 0 spiro atoms. The molecule has 0 aliphatic carbocycles. The van der Waals surface area contributed by atoms with Crippen molar-refractivity contribution in [1.29, 1.82) is 0 Å². The number of benzene rings is 1. The first-order valence-corrected chi connectivity index (χ1v) is 5.96. The molecule has 2 rings (SSSR count). The molecule has 1 aromatic carbocycles. The summed E-state index contributed by atoms with van der Waals surface area (Å²) in [6.45, 7) is 0.729. The van der Waals surface area contributed by atoms with Crippen molar-refractivity contribution < 1.29 is 17.9 Å². The van der Waals surface area contributed by atoms with Gasteiger partial charge in [-0.25, -0.2) is 4.68 Å². The Hall–Kier alpha value is -2.02. The Morgan fingerprint density at radius 2 is 1.90 bits per heavy atom. The average molecular weight is 285 g/mol. The fourth-order valence-electron chi connectivity index (χ4n) is 1.72. The molecule has 0 atom stereocenters. The van der Waals surface area contributed by atoms with Gasteiger partial charge in [0.15, 0.2) is 0 Å². The third-order valence-corrected chi connectivity index (χ3v) is 2.71. The van der Waals surface area contributed by atoms with Gasteiger partial charge in [-0.3, -0.25) is 0 Å². The Balaban J connectivity index is 2.24. The predicted octanol–water partition coefficient (Wildman–Crippen LogP) is 2.44. The summed E-state index contributed by atoms with van der Waals surface area (Å²) in [5.74, 6) is 0.519. The first-order chi connectivity index (χ1) is 9.41. The van der Waals surface area contributed by atoms with Crippen LogP contribution >= 0.6 is 0 Å². The van der Waals surface area contributed by atoms with Gasteiger partial charge in [-0.2, -0.15) is 18.3 Å². The molecule has 7 heteroatoms. The van der Waals surface area contributed by atoms with E-state index in [1.54, 1.807) is 13.1 Å². The molecule has 1 aromatic heterocycles. The lowest BCUT2D eigenvalue weighted by atomic mass is 10.1. The highest BCUT2D eigenvalue weighted by atomic mass is 19.4. The molecular weight excluding hydrogens is 271 g/mol. The van der Waals surface area contributed by atoms with E-state index in [2.05, 4.69) is 5.10 Å². The standard InChI is InChI=1S/C13H14F3N3O/c1-19-12(20-7-6-17)8-11(18-19)9-2-4-10(5-3-9)13(14,15)16/h2-5,8H,6-7,17H2,1H3. The van der Waals surface area contributed by atoms with Gasteiger partial charge in [0.2, 0.25) is 5.88 Å². The summed E-state index contributed by atoms with van der Waals surface area (Å²) < 4.78 is 44.3. The molecule has 2 N–H and O–H groups in total. The van der Waals surface area contributed by atoms with E-state index in [9.17, 15) is 13.2 Å². The van der Waals surface area contributed by atoms with E-state index in [4.69, 9.17) is 10.5 Å². The maximum Gasteiger partial charge on any atom is 0.416 e. The lowest BCUT2D eigenvalue weighted by Crippen LogP contribution is -2.12. The smallest absolute Gasteiger partial charge is 0.416 e. The Morgan fingerprint density at radius 3 is 2.45 bits per heavy atom. The second kappa shape index (κ2) is 5.54. The predicted molar refractivity (Wildman–Crippen MR) is 68.2 cm³/mol. The van der Waals surface area contributed by atoms with E-state index in [0.717, 1.165) is 12.1 Å². The van der Waals surface area contributed by atoms with Gasteiger partial charge in [-0.1, -0.05) is 12.1 Å². The maximum absolute atomic E-state index is 12.5. The summed E-state index contributed by atoms with van der Waals surface area (Å²) in [6.07, 6.45) is -4.34. The zero-order chi connectivity index (χ0) is 14.8. The van der Waals surface area contributed by atoms with Gasteiger partial charge in [0.1, 0.15) is 6.61 Å². The molecule has 0 saturated carbocycles. The Morgan fingerprint density at radius 1 is 1.25 bits per heavy atom. The molecule has 108 valence electrons. The number of hydrogen-bond donors (Lipinski definition) is 1. The van der Waals surface area contributed by atoms with Crippen molar-refractivity contribution in [2.45, 2.75) is 6.18 Å². The maximum atomic E-state index is 12.5. The number of hydrogen-bond acceptors (Lipinski definition) is 3. The van der Waals surface area contributed by atoms with Crippen LogP contribution in [0.15, 0.2) is 30.3 Å². The normalized spacial score (nSPS) is 11.7. The van der Waals surface area contributed by atoms with Crippen molar-refractivity contribution in [2.24, 2.45) is 12.8 Å². The molecule has 0 fully saturated rings. The summed E-state index contributed by atoms with van der Waals surface area (Å²) >= 11 is 0. The highest BCUT2D eigenvalue weighted by Gasteiger charge is 2.30. The van der Waals surface area contributed by atoms with Gasteiger partial charge in [0.05, 0.1) is 11.3 Å². The molecule has 1 heterocycles. The van der Waals surface area contributed by atoms with Crippen LogP contribution in [0.25, 0.3) is 11.3 Å². The second-order valence-corrected chi connectivity index (χ2v) is 4.20. The van der Waals surface area contributed by atoms with Crippen LogP contribution in [-0.2, 0) is 13.2 Å². The summed E-state index contributed by atoms with van der Waals surface area (Å²) in [4.78, 5) is 0. The fourth-order valence-corrected chi connectivity index (χ4v) is 1.72. The molecule has 0 unspecified atom stereocenters. The molecular formula is C13H14F3N3O. The van der Waals surface area contributed by atoms with Crippen LogP contribution in [0, 0.1) is 0 Å². The van der Waals surface area contributed by atoms with Crippen LogP contribution in [0.3, 0.4) is 0 Å². The number of aromatic nitrogens is 2. The third kappa shape index (κ3) is 3.11. The number of rotatable bonds is 4. The van der Waals surface area contributed by atoms with Gasteiger partial charge in [0, 0.05) is 25.2 Å². The van der Waals surface area contributed by atoms with Crippen LogP contribution in [0.5, 0.6) is 5.88 Å². The van der Waals surface area contributed by atoms with E-state index < -0.39 is 11.7 Å². The van der Waals surface area contributed by atoms with Gasteiger partial charge < -0.3 is 10.5 Å². The highest BCUT2D eigenvalue weighted by Crippen LogP contribution is 2.31. The number of alkyl halides is 3. The minimum Gasteiger partial charge on any atom is -0.476 e. The summed E-state index contributed by atoms with van der Waals surface area (Å²) in [7, 11) is 1.69. The molecule has 0 aliphatic rings. The molecule has 0 saturated heterocycles. The minimum absolute atomic E-state index is 0.353. The van der Waals surface area contributed by atoms with Gasteiger partial charge >= 0.3 is 6.18 Å². The van der Waals surface area contributed by atoms with Crippen LogP contribution in [0.2, 0.25) is 0 Å². The molecule has 0 amide bonds. The fraction of sp³-hybridized carbons (Fsp3) is 0.308. The first-order valence-electron chi connectivity index (χ1n) is 5.96. The highest BCUT2D eigenvalue weighted by molar-refractivity contribution is 5.60. The largest absolute Gasteiger partial charge is 0.476 e. The minimum atomic E-state index is -4.34. The monoisotopic (exact) mass is 285 g/mol. The second-order valence-electron chi connectivity index (χ2n) is 4.20. The van der Waals surface area contributed by atoms with E-state index >= 15 is 0 Å². The quantitative estimate of drug-likeness (QED) is 0.938. The first kappa shape index (κ1) is 14.4. The summed E-state index contributed by atoms with van der Waals surface area (Å²) in [5, 5.41) is 4.20. The Labute approximate surface area is 114 Å². The molecule has 20 heavy (non-hydrogen) atoms. The lowest BCUT2D eigenvalue weighted by Gasteiger charge is -2.06. The van der Waals surface area contributed by atoms with E-state index in [1.807, 2.05) is 0 Å². The van der Waals surface area contributed by atoms with Crippen molar-refractivity contribution in [1.82, 2.24) is 9.78 Å². The zero-order valence-corrected chi connectivity index (χ0v) is 10.8. The van der Waals surface area contributed by atoms with Crippen LogP contribution < -0.4 is 10.5 Å². The van der Waals surface area contributed by atoms with Crippen molar-refractivity contribution >= 4 is 0 Å². The number of nitrogens with two attached hydrogens (primary N) is 1. The molecule has 0 bridgehead atoms. The molecule has 0 aliphatic heterocycles. The summed E-state index contributed by atoms with van der Waals surface area (Å²) in [6, 6.07) is 6.50. The van der Waals surface area contributed by atoms with Crippen molar-refractivity contribution in [3.63, 3.8) is 0 Å². The number of halogens is 3. The third-order valence-electron chi connectivity index (χ3n) is 2.71. The topological polar surface area (TPSA) is 53.1 Å². The van der Waals surface area contributed by atoms with Gasteiger partial charge in [-0.15, -0.1) is 0 Å². The van der Waals surface area contributed by atoms with Gasteiger partial charge in [0.25, 0.3) is 0 Å². The van der Waals surface area contributed by atoms with Crippen molar-refractivity contribution in [2.75, 3.05) is 13.2 Å².